The summed E-state index contributed by atoms with van der Waals surface area (Å²) in [6.07, 6.45) is 1.33. The van der Waals surface area contributed by atoms with Crippen LogP contribution in [0.3, 0.4) is 0 Å². The first-order valence-electron chi connectivity index (χ1n) is 8.73. The Kier molecular flexibility index (Phi) is 6.50. The second-order valence-corrected chi connectivity index (χ2v) is 8.19. The van der Waals surface area contributed by atoms with Crippen LogP contribution in [-0.4, -0.2) is 56.2 Å². The van der Waals surface area contributed by atoms with Gasteiger partial charge in [-0.2, -0.15) is 13.1 Å². The average Bonchev–Trinajstić information content (AvgIpc) is 3.10. The van der Waals surface area contributed by atoms with Crippen molar-refractivity contribution < 1.29 is 36.2 Å². The van der Waals surface area contributed by atoms with E-state index in [4.69, 9.17) is 9.47 Å². The lowest BCUT2D eigenvalue weighted by molar-refractivity contribution is -0.0510. The van der Waals surface area contributed by atoms with Gasteiger partial charge in [0.05, 0.1) is 13.2 Å². The van der Waals surface area contributed by atoms with E-state index >= 15 is 0 Å². The minimum atomic E-state index is -3.76. The number of aryl methyl sites for hydroxylation is 1. The van der Waals surface area contributed by atoms with Crippen molar-refractivity contribution in [3.05, 3.63) is 47.8 Å². The highest BCUT2D eigenvalue weighted by Crippen LogP contribution is 2.23. The number of halogens is 2. The van der Waals surface area contributed by atoms with E-state index in [0.29, 0.717) is 13.2 Å². The maximum absolute atomic E-state index is 12.7. The van der Waals surface area contributed by atoms with E-state index in [0.717, 1.165) is 0 Å². The number of benzene rings is 1. The van der Waals surface area contributed by atoms with Gasteiger partial charge >= 0.3 is 12.6 Å². The highest BCUT2D eigenvalue weighted by molar-refractivity contribution is 7.89. The zero-order chi connectivity index (χ0) is 21.0. The number of para-hydroxylation sites is 1. The molecule has 0 saturated carbocycles. The molecule has 8 nitrogen and oxygen atoms in total. The van der Waals surface area contributed by atoms with Crippen LogP contribution < -0.4 is 4.74 Å². The molecule has 158 valence electrons. The molecule has 0 radical (unpaired) electrons. The van der Waals surface area contributed by atoms with Gasteiger partial charge in [0.2, 0.25) is 10.0 Å². The number of rotatable bonds is 7. The molecule has 0 spiro atoms. The largest absolute Gasteiger partial charge is 0.456 e. The van der Waals surface area contributed by atoms with E-state index in [9.17, 15) is 22.0 Å². The number of sulfonamides is 1. The van der Waals surface area contributed by atoms with E-state index in [2.05, 4.69) is 4.74 Å². The van der Waals surface area contributed by atoms with Gasteiger partial charge in [-0.1, -0.05) is 18.2 Å². The molecule has 29 heavy (non-hydrogen) atoms. The van der Waals surface area contributed by atoms with Gasteiger partial charge in [0.15, 0.2) is 0 Å². The minimum absolute atomic E-state index is 0.0177. The molecule has 1 fully saturated rings. The molecule has 0 amide bonds. The Morgan fingerprint density at radius 1 is 1.24 bits per heavy atom. The molecular weight excluding hydrogens is 410 g/mol. The van der Waals surface area contributed by atoms with Gasteiger partial charge < -0.3 is 18.8 Å². The third-order valence-electron chi connectivity index (χ3n) is 4.34. The first kappa shape index (κ1) is 21.2. The van der Waals surface area contributed by atoms with Crippen LogP contribution in [0.1, 0.15) is 16.1 Å². The molecule has 3 rings (SSSR count). The van der Waals surface area contributed by atoms with Crippen molar-refractivity contribution in [1.29, 1.82) is 0 Å². The summed E-state index contributed by atoms with van der Waals surface area (Å²) in [6, 6.07) is 7.17. The summed E-state index contributed by atoms with van der Waals surface area (Å²) in [5.41, 5.74) is 0.278. The van der Waals surface area contributed by atoms with Gasteiger partial charge in [-0.05, 0) is 12.1 Å². The topological polar surface area (TPSA) is 87.1 Å². The number of hydrogen-bond donors (Lipinski definition) is 0. The fourth-order valence-electron chi connectivity index (χ4n) is 2.87. The molecule has 1 aromatic carbocycles. The Hall–Kier alpha value is -2.50. The number of nitrogens with zero attached hydrogens (tertiary/aromatic N) is 2. The van der Waals surface area contributed by atoms with Crippen molar-refractivity contribution >= 4 is 16.0 Å². The van der Waals surface area contributed by atoms with Gasteiger partial charge in [0, 0.05) is 31.9 Å². The minimum Gasteiger partial charge on any atom is -0.456 e. The van der Waals surface area contributed by atoms with Crippen LogP contribution in [0.2, 0.25) is 0 Å². The second kappa shape index (κ2) is 8.89. The molecule has 1 aliphatic heterocycles. The van der Waals surface area contributed by atoms with Crippen LogP contribution in [-0.2, 0) is 33.2 Å². The molecule has 1 saturated heterocycles. The molecule has 2 heterocycles. The molecule has 1 aromatic heterocycles. The summed E-state index contributed by atoms with van der Waals surface area (Å²) >= 11 is 0. The Bertz CT molecular complexity index is 970. The van der Waals surface area contributed by atoms with Crippen LogP contribution in [0.15, 0.2) is 41.4 Å². The number of morpholine rings is 1. The first-order chi connectivity index (χ1) is 13.8. The van der Waals surface area contributed by atoms with Crippen molar-refractivity contribution in [3.63, 3.8) is 0 Å². The lowest BCUT2D eigenvalue weighted by atomic mass is 10.2. The van der Waals surface area contributed by atoms with Gasteiger partial charge in [-0.15, -0.1) is 0 Å². The van der Waals surface area contributed by atoms with Crippen LogP contribution in [0.25, 0.3) is 0 Å². The molecule has 0 N–H and O–H groups in total. The Labute approximate surface area is 166 Å². The van der Waals surface area contributed by atoms with E-state index < -0.39 is 22.6 Å². The fraction of sp³-hybridized carbons (Fsp3) is 0.389. The number of hydrogen-bond acceptors (Lipinski definition) is 6. The van der Waals surface area contributed by atoms with E-state index in [-0.39, 0.29) is 41.6 Å². The number of carbonyl (C=O) groups excluding carboxylic acids is 1. The van der Waals surface area contributed by atoms with Crippen LogP contribution in [0, 0.1) is 0 Å². The zero-order valence-corrected chi connectivity index (χ0v) is 16.4. The Morgan fingerprint density at radius 2 is 1.93 bits per heavy atom. The quantitative estimate of drug-likeness (QED) is 0.625. The van der Waals surface area contributed by atoms with E-state index in [1.54, 1.807) is 6.07 Å². The average molecular weight is 430 g/mol. The lowest BCUT2D eigenvalue weighted by Crippen LogP contribution is -2.40. The van der Waals surface area contributed by atoms with Crippen LogP contribution in [0.5, 0.6) is 5.75 Å². The fourth-order valence-corrected chi connectivity index (χ4v) is 4.35. The third kappa shape index (κ3) is 4.92. The summed E-state index contributed by atoms with van der Waals surface area (Å²) in [7, 11) is -2.25. The first-order valence-corrected chi connectivity index (χ1v) is 10.2. The summed E-state index contributed by atoms with van der Waals surface area (Å²) in [4.78, 5) is 12.4. The zero-order valence-electron chi connectivity index (χ0n) is 15.6. The molecule has 0 aliphatic carbocycles. The maximum Gasteiger partial charge on any atom is 0.387 e. The standard InChI is InChI=1S/C18H20F2N2O6S/c1-21-11-14(29(24,25)22-6-8-26-9-7-22)10-15(21)17(23)27-12-13-4-2-3-5-16(13)28-18(19)20/h2-5,10-11,18H,6-9,12H2,1H3. The number of esters is 1. The molecule has 2 aromatic rings. The van der Waals surface area contributed by atoms with Crippen molar-refractivity contribution in [2.45, 2.75) is 18.1 Å². The van der Waals surface area contributed by atoms with Crippen molar-refractivity contribution in [2.24, 2.45) is 7.05 Å². The summed E-state index contributed by atoms with van der Waals surface area (Å²) in [6.45, 7) is -2.23. The Balaban J connectivity index is 1.73. The van der Waals surface area contributed by atoms with Crippen LogP contribution >= 0.6 is 0 Å². The van der Waals surface area contributed by atoms with Gasteiger partial charge in [0.25, 0.3) is 0 Å². The summed E-state index contributed by atoms with van der Waals surface area (Å²) in [5, 5.41) is 0. The number of ether oxygens (including phenoxy) is 3. The third-order valence-corrected chi connectivity index (χ3v) is 6.21. The van der Waals surface area contributed by atoms with Crippen molar-refractivity contribution in [3.8, 4) is 5.75 Å². The molecule has 0 atom stereocenters. The number of carbonyl (C=O) groups is 1. The lowest BCUT2D eigenvalue weighted by Gasteiger charge is -2.25. The van der Waals surface area contributed by atoms with Crippen molar-refractivity contribution in [1.82, 2.24) is 8.87 Å². The summed E-state index contributed by atoms with van der Waals surface area (Å²) < 4.78 is 67.8. The number of alkyl halides is 2. The highest BCUT2D eigenvalue weighted by Gasteiger charge is 2.29. The maximum atomic E-state index is 12.7. The van der Waals surface area contributed by atoms with Gasteiger partial charge in [-0.3, -0.25) is 0 Å². The smallest absolute Gasteiger partial charge is 0.387 e. The predicted octanol–water partition coefficient (Wildman–Crippen LogP) is 2.00. The SMILES string of the molecule is Cn1cc(S(=O)(=O)N2CCOCC2)cc1C(=O)OCc1ccccc1OC(F)F. The predicted molar refractivity (Wildman–Crippen MR) is 97.2 cm³/mol. The second-order valence-electron chi connectivity index (χ2n) is 6.25. The van der Waals surface area contributed by atoms with E-state index in [1.807, 2.05) is 0 Å². The van der Waals surface area contributed by atoms with Crippen molar-refractivity contribution in [2.75, 3.05) is 26.3 Å². The molecular formula is C18H20F2N2O6S. The molecule has 1 aliphatic rings. The van der Waals surface area contributed by atoms with Gasteiger partial charge in [-0.25, -0.2) is 13.2 Å². The Morgan fingerprint density at radius 3 is 2.62 bits per heavy atom. The highest BCUT2D eigenvalue weighted by atomic mass is 32.2. The summed E-state index contributed by atoms with van der Waals surface area (Å²) in [5.74, 6) is -0.888. The molecule has 0 bridgehead atoms. The number of aromatic nitrogens is 1. The monoisotopic (exact) mass is 430 g/mol. The van der Waals surface area contributed by atoms with Gasteiger partial charge in [0.1, 0.15) is 22.9 Å². The normalized spacial score (nSPS) is 15.4. The van der Waals surface area contributed by atoms with Crippen LogP contribution in [0.4, 0.5) is 8.78 Å². The molecule has 0 unspecified atom stereocenters. The molecule has 11 heteroatoms. The van der Waals surface area contributed by atoms with E-state index in [1.165, 1.54) is 46.4 Å².